The zero-order valence-electron chi connectivity index (χ0n) is 15.4. The maximum Gasteiger partial charge on any atom is 0.238 e. The highest BCUT2D eigenvalue weighted by Crippen LogP contribution is 2.24. The third kappa shape index (κ3) is 5.95. The summed E-state index contributed by atoms with van der Waals surface area (Å²) in [7, 11) is -7.58. The molecule has 7 nitrogen and oxygen atoms in total. The number of benzene rings is 2. The van der Waals surface area contributed by atoms with E-state index in [1.807, 2.05) is 30.3 Å². The van der Waals surface area contributed by atoms with Crippen molar-refractivity contribution in [3.8, 4) is 0 Å². The van der Waals surface area contributed by atoms with Crippen LogP contribution in [0, 0.1) is 0 Å². The fourth-order valence-corrected chi connectivity index (χ4v) is 4.23. The van der Waals surface area contributed by atoms with Crippen LogP contribution in [0.4, 0.5) is 11.4 Å². The number of nitrogens with one attached hydrogen (secondary N) is 1. The Kier molecular flexibility index (Phi) is 6.85. The van der Waals surface area contributed by atoms with Crippen molar-refractivity contribution in [2.75, 3.05) is 36.1 Å². The van der Waals surface area contributed by atoms with Crippen LogP contribution < -0.4 is 15.4 Å². The topological polar surface area (TPSA) is 110 Å². The van der Waals surface area contributed by atoms with Crippen LogP contribution in [0.5, 0.6) is 0 Å². The van der Waals surface area contributed by atoms with Gasteiger partial charge in [0, 0.05) is 31.6 Å². The van der Waals surface area contributed by atoms with Crippen molar-refractivity contribution in [1.82, 2.24) is 0 Å². The van der Waals surface area contributed by atoms with E-state index in [9.17, 15) is 16.8 Å². The Morgan fingerprint density at radius 3 is 2.26 bits per heavy atom. The van der Waals surface area contributed by atoms with Crippen LogP contribution >= 0.6 is 0 Å². The Morgan fingerprint density at radius 1 is 1.04 bits per heavy atom. The van der Waals surface area contributed by atoms with Gasteiger partial charge in [0.15, 0.2) is 9.84 Å². The second-order valence-corrected chi connectivity index (χ2v) is 9.72. The van der Waals surface area contributed by atoms with Crippen LogP contribution in [-0.4, -0.2) is 42.7 Å². The number of primary sulfonamides is 1. The zero-order chi connectivity index (χ0) is 20.1. The number of sulfone groups is 1. The molecule has 0 heterocycles. The molecule has 27 heavy (non-hydrogen) atoms. The van der Waals surface area contributed by atoms with Gasteiger partial charge >= 0.3 is 0 Å². The van der Waals surface area contributed by atoms with Gasteiger partial charge in [-0.15, -0.1) is 0 Å². The van der Waals surface area contributed by atoms with Crippen LogP contribution in [0.2, 0.25) is 0 Å². The first-order valence-corrected chi connectivity index (χ1v) is 12.0. The Balaban J connectivity index is 2.07. The molecule has 9 heteroatoms. The lowest BCUT2D eigenvalue weighted by atomic mass is 10.2. The molecular formula is C18H25N3O4S2. The smallest absolute Gasteiger partial charge is 0.238 e. The van der Waals surface area contributed by atoms with Crippen molar-refractivity contribution in [3.63, 3.8) is 0 Å². The van der Waals surface area contributed by atoms with E-state index in [0.29, 0.717) is 12.2 Å². The average molecular weight is 412 g/mol. The van der Waals surface area contributed by atoms with E-state index in [2.05, 4.69) is 17.1 Å². The molecule has 0 aliphatic carbocycles. The number of nitrogens with zero attached hydrogens (tertiary/aromatic N) is 1. The summed E-state index contributed by atoms with van der Waals surface area (Å²) in [5.41, 5.74) is 1.50. The Bertz CT molecular complexity index is 975. The van der Waals surface area contributed by atoms with Gasteiger partial charge < -0.3 is 10.2 Å². The maximum absolute atomic E-state index is 12.0. The molecule has 0 fully saturated rings. The largest absolute Gasteiger partial charge is 0.384 e. The van der Waals surface area contributed by atoms with Crippen LogP contribution in [0.15, 0.2) is 58.3 Å². The third-order valence-electron chi connectivity index (χ3n) is 4.10. The van der Waals surface area contributed by atoms with Crippen LogP contribution in [0.1, 0.15) is 13.3 Å². The quantitative estimate of drug-likeness (QED) is 0.611. The molecule has 0 spiro atoms. The second kappa shape index (κ2) is 8.73. The number of nitrogens with two attached hydrogens (primary N) is 1. The molecule has 0 saturated carbocycles. The van der Waals surface area contributed by atoms with Crippen LogP contribution in [-0.2, 0) is 19.9 Å². The summed E-state index contributed by atoms with van der Waals surface area (Å²) in [5.74, 6) is 0. The molecule has 0 amide bonds. The van der Waals surface area contributed by atoms with E-state index in [1.54, 1.807) is 0 Å². The predicted molar refractivity (Wildman–Crippen MR) is 108 cm³/mol. The van der Waals surface area contributed by atoms with Gasteiger partial charge in [-0.2, -0.15) is 0 Å². The highest BCUT2D eigenvalue weighted by Gasteiger charge is 2.18. The van der Waals surface area contributed by atoms with E-state index in [4.69, 9.17) is 5.14 Å². The molecule has 2 aromatic carbocycles. The molecular weight excluding hydrogens is 386 g/mol. The van der Waals surface area contributed by atoms with Gasteiger partial charge in [-0.1, -0.05) is 18.2 Å². The molecule has 0 saturated heterocycles. The van der Waals surface area contributed by atoms with Gasteiger partial charge in [0.25, 0.3) is 0 Å². The summed E-state index contributed by atoms with van der Waals surface area (Å²) in [5, 5.41) is 8.18. The van der Waals surface area contributed by atoms with Crippen molar-refractivity contribution in [1.29, 1.82) is 0 Å². The SMILES string of the molecule is CCN(CCCNc1ccc(S(N)(=O)=O)cc1S(C)(=O)=O)c1ccccc1. The monoisotopic (exact) mass is 411 g/mol. The molecule has 0 unspecified atom stereocenters. The molecule has 2 aromatic rings. The molecule has 0 aromatic heterocycles. The predicted octanol–water partition coefficient (Wildman–Crippen LogP) is 2.07. The van der Waals surface area contributed by atoms with Crippen molar-refractivity contribution < 1.29 is 16.8 Å². The third-order valence-corrected chi connectivity index (χ3v) is 6.15. The molecule has 0 radical (unpaired) electrons. The highest BCUT2D eigenvalue weighted by atomic mass is 32.2. The van der Waals surface area contributed by atoms with Crippen molar-refractivity contribution in [3.05, 3.63) is 48.5 Å². The summed E-state index contributed by atoms with van der Waals surface area (Å²) >= 11 is 0. The molecule has 3 N–H and O–H groups in total. The lowest BCUT2D eigenvalue weighted by molar-refractivity contribution is 0.597. The van der Waals surface area contributed by atoms with Gasteiger partial charge in [-0.05, 0) is 43.7 Å². The fourth-order valence-electron chi connectivity index (χ4n) is 2.73. The van der Waals surface area contributed by atoms with E-state index < -0.39 is 19.9 Å². The van der Waals surface area contributed by atoms with Crippen LogP contribution in [0.3, 0.4) is 0 Å². The fraction of sp³-hybridized carbons (Fsp3) is 0.333. The molecule has 148 valence electrons. The van der Waals surface area contributed by atoms with Gasteiger partial charge in [-0.3, -0.25) is 0 Å². The number of sulfonamides is 1. The summed E-state index contributed by atoms with van der Waals surface area (Å²) in [6.07, 6.45) is 1.82. The number of hydrogen-bond donors (Lipinski definition) is 2. The summed E-state index contributed by atoms with van der Waals surface area (Å²) in [6.45, 7) is 4.29. The Labute approximate surface area is 161 Å². The standard InChI is InChI=1S/C18H25N3O4S2/c1-3-21(15-8-5-4-6-9-15)13-7-12-20-17-11-10-16(27(19,24)25)14-18(17)26(2,22)23/h4-6,8-11,14,20H,3,7,12-13H2,1-2H3,(H2,19,24,25). The van der Waals surface area contributed by atoms with Crippen molar-refractivity contribution in [2.24, 2.45) is 5.14 Å². The molecule has 0 aliphatic heterocycles. The minimum atomic E-state index is -3.97. The normalized spacial score (nSPS) is 12.0. The molecule has 0 bridgehead atoms. The first kappa shape index (κ1) is 21.2. The number of rotatable bonds is 9. The molecule has 2 rings (SSSR count). The maximum atomic E-state index is 12.0. The van der Waals surface area contributed by atoms with E-state index >= 15 is 0 Å². The zero-order valence-corrected chi connectivity index (χ0v) is 17.1. The number of hydrogen-bond acceptors (Lipinski definition) is 6. The van der Waals surface area contributed by atoms with Crippen molar-refractivity contribution in [2.45, 2.75) is 23.1 Å². The van der Waals surface area contributed by atoms with E-state index in [1.165, 1.54) is 12.1 Å². The molecule has 0 atom stereocenters. The van der Waals surface area contributed by atoms with E-state index in [0.717, 1.165) is 37.5 Å². The van der Waals surface area contributed by atoms with Gasteiger partial charge in [0.05, 0.1) is 15.5 Å². The van der Waals surface area contributed by atoms with Crippen LogP contribution in [0.25, 0.3) is 0 Å². The first-order chi connectivity index (χ1) is 12.6. The summed E-state index contributed by atoms with van der Waals surface area (Å²) < 4.78 is 47.0. The summed E-state index contributed by atoms with van der Waals surface area (Å²) in [4.78, 5) is 1.92. The Morgan fingerprint density at radius 2 is 1.70 bits per heavy atom. The average Bonchev–Trinajstić information content (AvgIpc) is 2.61. The van der Waals surface area contributed by atoms with Gasteiger partial charge in [0.2, 0.25) is 10.0 Å². The van der Waals surface area contributed by atoms with Gasteiger partial charge in [0.1, 0.15) is 0 Å². The first-order valence-electron chi connectivity index (χ1n) is 8.53. The second-order valence-electron chi connectivity index (χ2n) is 6.17. The molecule has 0 aliphatic rings. The number of anilines is 2. The minimum absolute atomic E-state index is 0.0792. The highest BCUT2D eigenvalue weighted by molar-refractivity contribution is 7.91. The lowest BCUT2D eigenvalue weighted by Gasteiger charge is -2.23. The Hall–Kier alpha value is -2.10. The van der Waals surface area contributed by atoms with Gasteiger partial charge in [-0.25, -0.2) is 22.0 Å². The summed E-state index contributed by atoms with van der Waals surface area (Å²) in [6, 6.07) is 13.9. The van der Waals surface area contributed by atoms with Crippen molar-refractivity contribution >= 4 is 31.2 Å². The lowest BCUT2D eigenvalue weighted by Crippen LogP contribution is -2.25. The van der Waals surface area contributed by atoms with E-state index in [-0.39, 0.29) is 9.79 Å². The number of para-hydroxylation sites is 1. The minimum Gasteiger partial charge on any atom is -0.384 e.